The van der Waals surface area contributed by atoms with Gasteiger partial charge < -0.3 is 10.2 Å². The van der Waals surface area contributed by atoms with Gasteiger partial charge in [0, 0.05) is 26.2 Å². The second-order valence-electron chi connectivity index (χ2n) is 5.53. The van der Waals surface area contributed by atoms with E-state index in [1.165, 1.54) is 12.8 Å². The summed E-state index contributed by atoms with van der Waals surface area (Å²) in [6.45, 7) is 10.4. The predicted molar refractivity (Wildman–Crippen MR) is 80.7 cm³/mol. The molecule has 4 nitrogen and oxygen atoms in total. The van der Waals surface area contributed by atoms with Crippen molar-refractivity contribution < 1.29 is 4.79 Å². The molecule has 2 heterocycles. The van der Waals surface area contributed by atoms with Gasteiger partial charge in [0.15, 0.2) is 0 Å². The van der Waals surface area contributed by atoms with Crippen LogP contribution in [-0.2, 0) is 4.79 Å². The fourth-order valence-electron chi connectivity index (χ4n) is 3.24. The second kappa shape index (κ2) is 8.08. The van der Waals surface area contributed by atoms with Crippen molar-refractivity contribution in [2.45, 2.75) is 39.2 Å². The minimum Gasteiger partial charge on any atom is -0.340 e. The summed E-state index contributed by atoms with van der Waals surface area (Å²) in [5, 5.41) is 3.41. The number of rotatable bonds is 4. The van der Waals surface area contributed by atoms with Crippen LogP contribution in [0.5, 0.6) is 0 Å². The number of piperazine rings is 1. The van der Waals surface area contributed by atoms with Gasteiger partial charge in [-0.3, -0.25) is 9.69 Å². The highest BCUT2D eigenvalue weighted by Gasteiger charge is 2.33. The van der Waals surface area contributed by atoms with E-state index in [-0.39, 0.29) is 18.4 Å². The van der Waals surface area contributed by atoms with Crippen LogP contribution in [0.4, 0.5) is 0 Å². The lowest BCUT2D eigenvalue weighted by molar-refractivity contribution is -0.142. The van der Waals surface area contributed by atoms with Crippen LogP contribution in [0.1, 0.15) is 33.1 Å². The summed E-state index contributed by atoms with van der Waals surface area (Å²) in [7, 11) is 0. The third-order valence-corrected chi connectivity index (χ3v) is 4.41. The first-order chi connectivity index (χ1) is 8.76. The van der Waals surface area contributed by atoms with E-state index in [1.807, 2.05) is 4.90 Å². The first kappa shape index (κ1) is 16.7. The summed E-state index contributed by atoms with van der Waals surface area (Å²) < 4.78 is 0. The van der Waals surface area contributed by atoms with Crippen molar-refractivity contribution in [1.29, 1.82) is 0 Å². The minimum absolute atomic E-state index is 0. The van der Waals surface area contributed by atoms with Crippen molar-refractivity contribution in [3.8, 4) is 0 Å². The number of halogens is 1. The molecular weight excluding hydrogens is 262 g/mol. The molecule has 0 radical (unpaired) electrons. The maximum Gasteiger partial charge on any atom is 0.239 e. The standard InChI is InChI=1S/C14H27N3O.ClH/c1-3-13-14(18)16(4-2)9-10-17(13)11-12-5-7-15-8-6-12;/h12-13,15H,3-11H2,1-2H3;1H. The Morgan fingerprint density at radius 2 is 1.89 bits per heavy atom. The first-order valence-corrected chi connectivity index (χ1v) is 7.49. The lowest BCUT2D eigenvalue weighted by Gasteiger charge is -2.42. The second-order valence-corrected chi connectivity index (χ2v) is 5.53. The molecule has 1 N–H and O–H groups in total. The number of carbonyl (C=O) groups is 1. The van der Waals surface area contributed by atoms with E-state index in [9.17, 15) is 4.79 Å². The molecule has 5 heteroatoms. The van der Waals surface area contributed by atoms with Crippen LogP contribution >= 0.6 is 12.4 Å². The number of amides is 1. The summed E-state index contributed by atoms with van der Waals surface area (Å²) in [4.78, 5) is 16.8. The molecule has 1 atom stereocenters. The molecule has 2 aliphatic heterocycles. The van der Waals surface area contributed by atoms with E-state index in [0.717, 1.165) is 51.6 Å². The van der Waals surface area contributed by atoms with Crippen molar-refractivity contribution in [2.24, 2.45) is 5.92 Å². The number of hydrogen-bond acceptors (Lipinski definition) is 3. The summed E-state index contributed by atoms with van der Waals surface area (Å²) in [6.07, 6.45) is 3.47. The number of piperidine rings is 1. The topological polar surface area (TPSA) is 35.6 Å². The highest BCUT2D eigenvalue weighted by Crippen LogP contribution is 2.20. The molecule has 0 aliphatic carbocycles. The smallest absolute Gasteiger partial charge is 0.239 e. The normalized spacial score (nSPS) is 26.3. The maximum atomic E-state index is 12.3. The summed E-state index contributed by atoms with van der Waals surface area (Å²) in [5.74, 6) is 1.13. The Balaban J connectivity index is 0.00000180. The van der Waals surface area contributed by atoms with Crippen LogP contribution < -0.4 is 5.32 Å². The van der Waals surface area contributed by atoms with Gasteiger partial charge in [-0.25, -0.2) is 0 Å². The molecule has 1 unspecified atom stereocenters. The number of nitrogens with zero attached hydrogens (tertiary/aromatic N) is 2. The highest BCUT2D eigenvalue weighted by molar-refractivity contribution is 5.85. The van der Waals surface area contributed by atoms with Gasteiger partial charge in [-0.15, -0.1) is 12.4 Å². The Morgan fingerprint density at radius 1 is 1.21 bits per heavy atom. The van der Waals surface area contributed by atoms with Crippen molar-refractivity contribution in [1.82, 2.24) is 15.1 Å². The average Bonchev–Trinajstić information content (AvgIpc) is 2.40. The van der Waals surface area contributed by atoms with Crippen LogP contribution in [0.25, 0.3) is 0 Å². The fourth-order valence-corrected chi connectivity index (χ4v) is 3.24. The van der Waals surface area contributed by atoms with Gasteiger partial charge in [0.05, 0.1) is 6.04 Å². The maximum absolute atomic E-state index is 12.3. The zero-order valence-corrected chi connectivity index (χ0v) is 13.0. The number of hydrogen-bond donors (Lipinski definition) is 1. The molecule has 2 saturated heterocycles. The molecule has 0 aromatic heterocycles. The molecular formula is C14H28ClN3O. The van der Waals surface area contributed by atoms with Crippen molar-refractivity contribution in [3.63, 3.8) is 0 Å². The van der Waals surface area contributed by atoms with Gasteiger partial charge in [-0.2, -0.15) is 0 Å². The van der Waals surface area contributed by atoms with E-state index in [2.05, 4.69) is 24.1 Å². The van der Waals surface area contributed by atoms with Gasteiger partial charge in [-0.05, 0) is 45.2 Å². The molecule has 0 aromatic carbocycles. The van der Waals surface area contributed by atoms with Crippen LogP contribution in [0.15, 0.2) is 0 Å². The third kappa shape index (κ3) is 4.07. The Morgan fingerprint density at radius 3 is 2.47 bits per heavy atom. The van der Waals surface area contributed by atoms with E-state index >= 15 is 0 Å². The van der Waals surface area contributed by atoms with E-state index in [4.69, 9.17) is 0 Å². The lowest BCUT2D eigenvalue weighted by Crippen LogP contribution is -2.57. The predicted octanol–water partition coefficient (Wildman–Crippen LogP) is 1.35. The number of nitrogens with one attached hydrogen (secondary N) is 1. The highest BCUT2D eigenvalue weighted by atomic mass is 35.5. The summed E-state index contributed by atoms with van der Waals surface area (Å²) in [5.41, 5.74) is 0. The molecule has 2 fully saturated rings. The quantitative estimate of drug-likeness (QED) is 0.849. The van der Waals surface area contributed by atoms with Crippen LogP contribution in [0.2, 0.25) is 0 Å². The summed E-state index contributed by atoms with van der Waals surface area (Å²) in [6, 6.07) is 0.133. The molecule has 112 valence electrons. The Kier molecular flexibility index (Phi) is 7.11. The van der Waals surface area contributed by atoms with Gasteiger partial charge >= 0.3 is 0 Å². The molecule has 19 heavy (non-hydrogen) atoms. The Bertz CT molecular complexity index is 282. The molecule has 2 aliphatic rings. The third-order valence-electron chi connectivity index (χ3n) is 4.41. The monoisotopic (exact) mass is 289 g/mol. The molecule has 0 bridgehead atoms. The minimum atomic E-state index is 0. The molecule has 2 rings (SSSR count). The largest absolute Gasteiger partial charge is 0.340 e. The molecule has 0 saturated carbocycles. The fraction of sp³-hybridized carbons (Fsp3) is 0.929. The van der Waals surface area contributed by atoms with Gasteiger partial charge in [0.1, 0.15) is 0 Å². The van der Waals surface area contributed by atoms with Crippen molar-refractivity contribution in [2.75, 3.05) is 39.3 Å². The summed E-state index contributed by atoms with van der Waals surface area (Å²) >= 11 is 0. The zero-order valence-electron chi connectivity index (χ0n) is 12.2. The zero-order chi connectivity index (χ0) is 13.0. The van der Waals surface area contributed by atoms with Crippen LogP contribution in [-0.4, -0.2) is 61.0 Å². The van der Waals surface area contributed by atoms with Crippen LogP contribution in [0.3, 0.4) is 0 Å². The SMILES string of the molecule is CCC1C(=O)N(CC)CCN1CC1CCNCC1.Cl. The Hall–Kier alpha value is -0.320. The molecule has 0 aromatic rings. The van der Waals surface area contributed by atoms with Gasteiger partial charge in [0.2, 0.25) is 5.91 Å². The average molecular weight is 290 g/mol. The first-order valence-electron chi connectivity index (χ1n) is 7.49. The van der Waals surface area contributed by atoms with Crippen molar-refractivity contribution >= 4 is 18.3 Å². The van der Waals surface area contributed by atoms with E-state index in [0.29, 0.717) is 5.91 Å². The Labute approximate surface area is 123 Å². The van der Waals surface area contributed by atoms with Crippen molar-refractivity contribution in [3.05, 3.63) is 0 Å². The van der Waals surface area contributed by atoms with Gasteiger partial charge in [-0.1, -0.05) is 6.92 Å². The molecule has 0 spiro atoms. The lowest BCUT2D eigenvalue weighted by atomic mass is 9.95. The van der Waals surface area contributed by atoms with E-state index in [1.54, 1.807) is 0 Å². The van der Waals surface area contributed by atoms with Gasteiger partial charge in [0.25, 0.3) is 0 Å². The van der Waals surface area contributed by atoms with E-state index < -0.39 is 0 Å². The number of likely N-dealkylation sites (N-methyl/N-ethyl adjacent to an activating group) is 1. The van der Waals surface area contributed by atoms with Crippen LogP contribution in [0, 0.1) is 5.92 Å². The number of carbonyl (C=O) groups excluding carboxylic acids is 1. The molecule has 1 amide bonds.